The minimum absolute atomic E-state index is 0.197. The van der Waals surface area contributed by atoms with Gasteiger partial charge in [-0.1, -0.05) is 111 Å². The molecular weight excluding hydrogens is 564 g/mol. The van der Waals surface area contributed by atoms with Gasteiger partial charge in [-0.15, -0.1) is 0 Å². The maximum atomic E-state index is 5.02. The molecule has 220 valence electrons. The summed E-state index contributed by atoms with van der Waals surface area (Å²) >= 11 is 0. The third-order valence-electron chi connectivity index (χ3n) is 9.42. The molecule has 0 radical (unpaired) electrons. The Hall–Kier alpha value is -5.75. The van der Waals surface area contributed by atoms with Crippen molar-refractivity contribution < 1.29 is 0 Å². The highest BCUT2D eigenvalue weighted by Crippen LogP contribution is 2.49. The molecule has 0 unspecified atom stereocenters. The summed E-state index contributed by atoms with van der Waals surface area (Å²) in [6.45, 7) is 4.54. The molecule has 4 aromatic carbocycles. The molecule has 0 N–H and O–H groups in total. The van der Waals surface area contributed by atoms with Gasteiger partial charge in [-0.25, -0.2) is 24.9 Å². The SMILES string of the molecule is CC1(C)c2cncnc2-c2c1ccc1c3c(n(-c4cccc(-c5nc(-c6ccccc6)nc(-c6ccccc6)n5)c4)c21)=CCCC=3. The van der Waals surface area contributed by atoms with E-state index in [0.29, 0.717) is 17.5 Å². The summed E-state index contributed by atoms with van der Waals surface area (Å²) in [5.74, 6) is 1.94. The lowest BCUT2D eigenvalue weighted by Crippen LogP contribution is -2.30. The fourth-order valence-corrected chi connectivity index (χ4v) is 7.16. The van der Waals surface area contributed by atoms with Crippen LogP contribution < -0.4 is 10.6 Å². The minimum Gasteiger partial charge on any atom is -0.309 e. The average molecular weight is 595 g/mol. The summed E-state index contributed by atoms with van der Waals surface area (Å²) in [4.78, 5) is 24.2. The standard InChI is InChI=1S/C40H30N6/c1-40(2)31-21-20-30-29-18-9-10-19-33(29)46(36(30)34(31)35-32(40)23-41-24-42-35)28-17-11-16-27(22-28)39-44-37(25-12-5-3-6-13-25)43-38(45-39)26-14-7-4-8-15-26/h3-8,11-24H,9-10H2,1-2H3. The molecule has 0 saturated heterocycles. The number of nitrogens with zero attached hydrogens (tertiary/aromatic N) is 6. The van der Waals surface area contributed by atoms with E-state index in [1.54, 1.807) is 6.33 Å². The summed E-state index contributed by atoms with van der Waals surface area (Å²) in [6.07, 6.45) is 10.4. The van der Waals surface area contributed by atoms with Crippen LogP contribution in [-0.2, 0) is 5.41 Å². The summed E-state index contributed by atoms with van der Waals surface area (Å²) < 4.78 is 2.42. The first-order chi connectivity index (χ1) is 22.6. The molecule has 0 fully saturated rings. The van der Waals surface area contributed by atoms with Crippen molar-refractivity contribution in [2.24, 2.45) is 0 Å². The Morgan fingerprint density at radius 2 is 1.30 bits per heavy atom. The maximum absolute atomic E-state index is 5.02. The number of aromatic nitrogens is 6. The fourth-order valence-electron chi connectivity index (χ4n) is 7.16. The molecule has 0 saturated carbocycles. The number of rotatable bonds is 4. The van der Waals surface area contributed by atoms with Gasteiger partial charge in [-0.05, 0) is 30.5 Å². The Morgan fingerprint density at radius 3 is 2.02 bits per heavy atom. The predicted octanol–water partition coefficient (Wildman–Crippen LogP) is 7.27. The molecule has 0 aliphatic heterocycles. The Kier molecular flexibility index (Phi) is 5.87. The van der Waals surface area contributed by atoms with Crippen molar-refractivity contribution in [3.8, 4) is 51.1 Å². The van der Waals surface area contributed by atoms with Gasteiger partial charge in [0.15, 0.2) is 17.5 Å². The minimum atomic E-state index is -0.197. The molecule has 6 heteroatoms. The van der Waals surface area contributed by atoms with E-state index >= 15 is 0 Å². The van der Waals surface area contributed by atoms with E-state index in [2.05, 4.69) is 71.9 Å². The van der Waals surface area contributed by atoms with Gasteiger partial charge in [0.2, 0.25) is 0 Å². The number of fused-ring (bicyclic) bond motifs is 7. The lowest BCUT2D eigenvalue weighted by atomic mass is 9.83. The summed E-state index contributed by atoms with van der Waals surface area (Å²) in [7, 11) is 0. The highest BCUT2D eigenvalue weighted by Gasteiger charge is 2.39. The molecule has 0 spiro atoms. The number of hydrogen-bond acceptors (Lipinski definition) is 5. The van der Waals surface area contributed by atoms with Gasteiger partial charge in [-0.2, -0.15) is 0 Å². The van der Waals surface area contributed by atoms with Crippen molar-refractivity contribution in [3.05, 3.63) is 131 Å². The van der Waals surface area contributed by atoms with Crippen molar-refractivity contribution >= 4 is 23.1 Å². The Morgan fingerprint density at radius 1 is 0.652 bits per heavy atom. The van der Waals surface area contributed by atoms with Crippen molar-refractivity contribution in [2.45, 2.75) is 32.1 Å². The van der Waals surface area contributed by atoms with E-state index in [-0.39, 0.29) is 5.41 Å². The van der Waals surface area contributed by atoms with Gasteiger partial charge in [0.25, 0.3) is 0 Å². The largest absolute Gasteiger partial charge is 0.309 e. The van der Waals surface area contributed by atoms with E-state index in [0.717, 1.165) is 46.5 Å². The van der Waals surface area contributed by atoms with E-state index in [1.165, 1.54) is 32.6 Å². The van der Waals surface area contributed by atoms with Crippen LogP contribution in [0, 0.1) is 0 Å². The first kappa shape index (κ1) is 26.6. The highest BCUT2D eigenvalue weighted by molar-refractivity contribution is 6.01. The van der Waals surface area contributed by atoms with Gasteiger partial charge >= 0.3 is 0 Å². The van der Waals surface area contributed by atoms with Crippen LogP contribution in [0.1, 0.15) is 37.8 Å². The van der Waals surface area contributed by atoms with Crippen LogP contribution >= 0.6 is 0 Å². The second-order valence-corrected chi connectivity index (χ2v) is 12.5. The van der Waals surface area contributed by atoms with E-state index in [4.69, 9.17) is 19.9 Å². The topological polar surface area (TPSA) is 69.4 Å². The third kappa shape index (κ3) is 4.00. The molecule has 0 atom stereocenters. The molecule has 3 aromatic heterocycles. The first-order valence-corrected chi connectivity index (χ1v) is 15.7. The normalized spacial score (nSPS) is 14.2. The quantitative estimate of drug-likeness (QED) is 0.214. The fraction of sp³-hybridized carbons (Fsp3) is 0.125. The second kappa shape index (κ2) is 10.1. The zero-order valence-electron chi connectivity index (χ0n) is 25.6. The van der Waals surface area contributed by atoms with Gasteiger partial charge in [0.1, 0.15) is 6.33 Å². The lowest BCUT2D eigenvalue weighted by molar-refractivity contribution is 0.655. The van der Waals surface area contributed by atoms with E-state index in [9.17, 15) is 0 Å². The van der Waals surface area contributed by atoms with Crippen molar-refractivity contribution in [2.75, 3.05) is 0 Å². The molecule has 2 aliphatic rings. The second-order valence-electron chi connectivity index (χ2n) is 12.5. The molecule has 3 heterocycles. The zero-order chi connectivity index (χ0) is 30.8. The smallest absolute Gasteiger partial charge is 0.164 e. The molecule has 46 heavy (non-hydrogen) atoms. The van der Waals surface area contributed by atoms with Gasteiger partial charge in [-0.3, -0.25) is 0 Å². The predicted molar refractivity (Wildman–Crippen MR) is 184 cm³/mol. The van der Waals surface area contributed by atoms with Crippen LogP contribution in [0.3, 0.4) is 0 Å². The van der Waals surface area contributed by atoms with Crippen LogP contribution in [0.4, 0.5) is 0 Å². The van der Waals surface area contributed by atoms with E-state index < -0.39 is 0 Å². The third-order valence-corrected chi connectivity index (χ3v) is 9.42. The zero-order valence-corrected chi connectivity index (χ0v) is 25.6. The van der Waals surface area contributed by atoms with Crippen LogP contribution in [0.15, 0.2) is 110 Å². The molecular formula is C40H30N6. The summed E-state index contributed by atoms with van der Waals surface area (Å²) in [5.41, 5.74) is 9.54. The van der Waals surface area contributed by atoms with Gasteiger partial charge in [0.05, 0.1) is 11.2 Å². The van der Waals surface area contributed by atoms with Crippen molar-refractivity contribution in [1.29, 1.82) is 0 Å². The summed E-state index contributed by atoms with van der Waals surface area (Å²) in [5, 5.41) is 3.75. The van der Waals surface area contributed by atoms with Crippen LogP contribution in [0.2, 0.25) is 0 Å². The van der Waals surface area contributed by atoms with Crippen LogP contribution in [-0.4, -0.2) is 29.5 Å². The monoisotopic (exact) mass is 594 g/mol. The number of benzene rings is 4. The maximum Gasteiger partial charge on any atom is 0.164 e. The van der Waals surface area contributed by atoms with Crippen molar-refractivity contribution in [1.82, 2.24) is 29.5 Å². The van der Waals surface area contributed by atoms with Crippen molar-refractivity contribution in [3.63, 3.8) is 0 Å². The molecule has 7 aromatic rings. The average Bonchev–Trinajstić information content (AvgIpc) is 3.58. The molecule has 2 aliphatic carbocycles. The Labute approximate surface area is 266 Å². The van der Waals surface area contributed by atoms with Gasteiger partial charge in [0, 0.05) is 61.1 Å². The Bertz CT molecular complexity index is 2390. The van der Waals surface area contributed by atoms with Gasteiger partial charge < -0.3 is 4.57 Å². The Balaban J connectivity index is 1.30. The van der Waals surface area contributed by atoms with E-state index in [1.807, 2.05) is 66.9 Å². The molecule has 0 amide bonds. The van der Waals surface area contributed by atoms with Crippen LogP contribution in [0.25, 0.3) is 74.2 Å². The lowest BCUT2D eigenvalue weighted by Gasteiger charge is -2.20. The molecule has 6 nitrogen and oxygen atoms in total. The highest BCUT2D eigenvalue weighted by atomic mass is 15.0. The number of hydrogen-bond donors (Lipinski definition) is 0. The molecule has 0 bridgehead atoms. The van der Waals surface area contributed by atoms with Crippen LogP contribution in [0.5, 0.6) is 0 Å². The molecule has 9 rings (SSSR count). The summed E-state index contributed by atoms with van der Waals surface area (Å²) in [6, 6.07) is 33.4. The first-order valence-electron chi connectivity index (χ1n) is 15.7.